The van der Waals surface area contributed by atoms with Crippen molar-refractivity contribution in [3.63, 3.8) is 0 Å². The third-order valence-electron chi connectivity index (χ3n) is 4.35. The predicted molar refractivity (Wildman–Crippen MR) is 104 cm³/mol. The van der Waals surface area contributed by atoms with Crippen LogP contribution in [0.15, 0.2) is 46.2 Å². The maximum atomic E-state index is 13.0. The Labute approximate surface area is 167 Å². The Morgan fingerprint density at radius 2 is 1.96 bits per heavy atom. The molecule has 1 fully saturated rings. The molecule has 28 heavy (non-hydrogen) atoms. The summed E-state index contributed by atoms with van der Waals surface area (Å²) < 4.78 is 76.6. The molecule has 3 unspecified atom stereocenters. The molecule has 2 aromatic heterocycles. The fraction of sp³-hybridized carbons (Fsp3) is 0.400. The highest BCUT2D eigenvalue weighted by atomic mass is 32.2. The van der Waals surface area contributed by atoms with Crippen molar-refractivity contribution in [1.29, 1.82) is 0 Å². The van der Waals surface area contributed by atoms with E-state index in [1.165, 1.54) is 30.6 Å². The monoisotopic (exact) mass is 466 g/mol. The molecule has 0 aromatic carbocycles. The number of nitrogens with one attached hydrogen (secondary N) is 1. The topological polar surface area (TPSA) is 148 Å². The minimum absolute atomic E-state index is 0.0732. The second kappa shape index (κ2) is 7.80. The Kier molecular flexibility index (Phi) is 5.94. The van der Waals surface area contributed by atoms with Crippen molar-refractivity contribution in [2.75, 3.05) is 18.1 Å². The highest BCUT2D eigenvalue weighted by molar-refractivity contribution is 7.95. The second-order valence-corrected chi connectivity index (χ2v) is 13.8. The molecule has 3 atom stereocenters. The molecule has 3 heterocycles. The molecule has 1 saturated heterocycles. The summed E-state index contributed by atoms with van der Waals surface area (Å²) >= 11 is 1.01. The van der Waals surface area contributed by atoms with Crippen LogP contribution in [0, 0.1) is 0 Å². The summed E-state index contributed by atoms with van der Waals surface area (Å²) in [6.45, 7) is -0.516. The normalized spacial score (nSPS) is 23.5. The lowest BCUT2D eigenvalue weighted by molar-refractivity contribution is 0.203. The van der Waals surface area contributed by atoms with Gasteiger partial charge in [0.2, 0.25) is 10.0 Å². The van der Waals surface area contributed by atoms with Gasteiger partial charge < -0.3 is 5.11 Å². The van der Waals surface area contributed by atoms with Gasteiger partial charge in [-0.25, -0.2) is 30.0 Å². The van der Waals surface area contributed by atoms with Gasteiger partial charge in [-0.1, -0.05) is 12.1 Å². The molecular weight excluding hydrogens is 448 g/mol. The van der Waals surface area contributed by atoms with Crippen LogP contribution in [-0.4, -0.2) is 64.7 Å². The van der Waals surface area contributed by atoms with E-state index in [9.17, 15) is 30.4 Å². The molecule has 2 aromatic rings. The largest absolute Gasteiger partial charge is 0.391 e. The van der Waals surface area contributed by atoms with Crippen LogP contribution >= 0.6 is 11.3 Å². The first-order chi connectivity index (χ1) is 13.0. The Balaban J connectivity index is 1.89. The average molecular weight is 467 g/mol. The van der Waals surface area contributed by atoms with Crippen molar-refractivity contribution in [3.05, 3.63) is 47.6 Å². The van der Waals surface area contributed by atoms with Crippen LogP contribution in [0.25, 0.3) is 0 Å². The molecule has 0 amide bonds. The van der Waals surface area contributed by atoms with E-state index in [2.05, 4.69) is 9.71 Å². The lowest BCUT2D eigenvalue weighted by Gasteiger charge is -2.20. The van der Waals surface area contributed by atoms with E-state index >= 15 is 0 Å². The van der Waals surface area contributed by atoms with Gasteiger partial charge in [0.25, 0.3) is 0 Å². The number of aliphatic hydroxyl groups is 1. The van der Waals surface area contributed by atoms with Gasteiger partial charge >= 0.3 is 0 Å². The molecular formula is C15H18N2O7S4. The van der Waals surface area contributed by atoms with Crippen molar-refractivity contribution in [1.82, 2.24) is 9.71 Å². The van der Waals surface area contributed by atoms with Crippen molar-refractivity contribution >= 4 is 41.0 Å². The fourth-order valence-corrected chi connectivity index (χ4v) is 10.1. The van der Waals surface area contributed by atoms with Gasteiger partial charge in [-0.05, 0) is 23.1 Å². The molecule has 0 spiro atoms. The zero-order chi connectivity index (χ0) is 20.6. The minimum Gasteiger partial charge on any atom is -0.391 e. The predicted octanol–water partition coefficient (Wildman–Crippen LogP) is -0.265. The van der Waals surface area contributed by atoms with Crippen LogP contribution in [-0.2, 0) is 29.7 Å². The number of rotatable bonds is 7. The number of sulfone groups is 2. The lowest BCUT2D eigenvalue weighted by atomic mass is 10.2. The first-order valence-electron chi connectivity index (χ1n) is 8.07. The SMILES string of the molecule is O=S1(=O)CC(O)C(S(=O)(=O)NCC(c2cccnc2)S(=O)(=O)c2cccs2)C1. The van der Waals surface area contributed by atoms with Crippen molar-refractivity contribution in [2.24, 2.45) is 0 Å². The van der Waals surface area contributed by atoms with E-state index < -0.39 is 64.4 Å². The molecule has 1 aliphatic heterocycles. The number of aliphatic hydroxyl groups excluding tert-OH is 1. The summed E-state index contributed by atoms with van der Waals surface area (Å²) in [6.07, 6.45) is 1.23. The molecule has 154 valence electrons. The average Bonchev–Trinajstić information content (AvgIpc) is 3.24. The Hall–Kier alpha value is -1.38. The molecule has 0 aliphatic carbocycles. The summed E-state index contributed by atoms with van der Waals surface area (Å²) in [4.78, 5) is 3.90. The minimum atomic E-state index is -4.27. The number of aromatic nitrogens is 1. The second-order valence-electron chi connectivity index (χ2n) is 6.33. The number of hydrogen-bond donors (Lipinski definition) is 2. The molecule has 0 radical (unpaired) electrons. The van der Waals surface area contributed by atoms with Gasteiger partial charge in [0.05, 0.1) is 17.6 Å². The third-order valence-corrected chi connectivity index (χ3v) is 11.7. The number of sulfonamides is 1. The van der Waals surface area contributed by atoms with Crippen LogP contribution in [0.1, 0.15) is 10.8 Å². The summed E-state index contributed by atoms with van der Waals surface area (Å²) in [7, 11) is -11.9. The molecule has 0 saturated carbocycles. The smallest absolute Gasteiger partial charge is 0.218 e. The van der Waals surface area contributed by atoms with Crippen LogP contribution in [0.3, 0.4) is 0 Å². The first kappa shape index (κ1) is 21.3. The van der Waals surface area contributed by atoms with E-state index in [-0.39, 0.29) is 9.77 Å². The van der Waals surface area contributed by atoms with Crippen LogP contribution in [0.4, 0.5) is 0 Å². The van der Waals surface area contributed by atoms with Gasteiger partial charge in [0, 0.05) is 18.9 Å². The summed E-state index contributed by atoms with van der Waals surface area (Å²) in [6, 6.07) is 6.05. The standard InChI is InChI=1S/C15H18N2O7S4/c18-12-9-26(19,20)10-14(12)28(23,24)17-8-13(11-3-1-5-16-7-11)27(21,22)15-4-2-6-25-15/h1-7,12-14,17-18H,8-10H2. The van der Waals surface area contributed by atoms with Gasteiger partial charge in [-0.2, -0.15) is 0 Å². The quantitative estimate of drug-likeness (QED) is 0.567. The highest BCUT2D eigenvalue weighted by Gasteiger charge is 2.45. The molecule has 2 N–H and O–H groups in total. The van der Waals surface area contributed by atoms with Crippen LogP contribution in [0.2, 0.25) is 0 Å². The lowest BCUT2D eigenvalue weighted by Crippen LogP contribution is -2.43. The Bertz CT molecular complexity index is 1130. The van der Waals surface area contributed by atoms with Crippen molar-refractivity contribution in [3.8, 4) is 0 Å². The van der Waals surface area contributed by atoms with Crippen molar-refractivity contribution in [2.45, 2.75) is 20.8 Å². The molecule has 13 heteroatoms. The molecule has 9 nitrogen and oxygen atoms in total. The van der Waals surface area contributed by atoms with Gasteiger partial charge in [-0.3, -0.25) is 4.98 Å². The summed E-state index contributed by atoms with van der Waals surface area (Å²) in [5.74, 6) is -1.35. The highest BCUT2D eigenvalue weighted by Crippen LogP contribution is 2.31. The Morgan fingerprint density at radius 1 is 1.21 bits per heavy atom. The number of hydrogen-bond acceptors (Lipinski definition) is 9. The Morgan fingerprint density at radius 3 is 2.50 bits per heavy atom. The maximum Gasteiger partial charge on any atom is 0.218 e. The maximum absolute atomic E-state index is 13.0. The van der Waals surface area contributed by atoms with Gasteiger partial charge in [0.1, 0.15) is 14.7 Å². The zero-order valence-electron chi connectivity index (χ0n) is 14.4. The molecule has 0 bridgehead atoms. The summed E-state index contributed by atoms with van der Waals surface area (Å²) in [5.41, 5.74) is 0.290. The fourth-order valence-electron chi connectivity index (χ4n) is 2.93. The van der Waals surface area contributed by atoms with E-state index in [0.717, 1.165) is 11.3 Å². The molecule has 1 aliphatic rings. The van der Waals surface area contributed by atoms with Gasteiger partial charge in [-0.15, -0.1) is 11.3 Å². The van der Waals surface area contributed by atoms with E-state index in [0.29, 0.717) is 0 Å². The van der Waals surface area contributed by atoms with E-state index in [1.807, 2.05) is 0 Å². The van der Waals surface area contributed by atoms with Crippen LogP contribution in [0.5, 0.6) is 0 Å². The van der Waals surface area contributed by atoms with Gasteiger partial charge in [0.15, 0.2) is 19.7 Å². The number of thiophene rings is 1. The van der Waals surface area contributed by atoms with Crippen LogP contribution < -0.4 is 4.72 Å². The summed E-state index contributed by atoms with van der Waals surface area (Å²) in [5, 5.41) is 8.62. The first-order valence-corrected chi connectivity index (χ1v) is 13.9. The number of pyridine rings is 1. The van der Waals surface area contributed by atoms with Crippen molar-refractivity contribution < 1.29 is 30.4 Å². The zero-order valence-corrected chi connectivity index (χ0v) is 17.6. The van der Waals surface area contributed by atoms with E-state index in [4.69, 9.17) is 0 Å². The molecule has 3 rings (SSSR count). The number of nitrogens with zero attached hydrogens (tertiary/aromatic N) is 1. The van der Waals surface area contributed by atoms with E-state index in [1.54, 1.807) is 11.4 Å². The third kappa shape index (κ3) is 4.44.